The molecule has 3 N–H and O–H groups in total. The van der Waals surface area contributed by atoms with E-state index in [2.05, 4.69) is 16.0 Å². The van der Waals surface area contributed by atoms with Crippen LogP contribution in [-0.4, -0.2) is 94.7 Å². The molecule has 6 atom stereocenters. The average molecular weight is 716 g/mol. The van der Waals surface area contributed by atoms with Gasteiger partial charge in [0.15, 0.2) is 6.10 Å². The van der Waals surface area contributed by atoms with Gasteiger partial charge in [-0.25, -0.2) is 4.79 Å². The highest BCUT2D eigenvalue weighted by molar-refractivity contribution is 5.97. The number of nitrogens with one attached hydrogen (secondary N) is 3. The van der Waals surface area contributed by atoms with Crippen LogP contribution in [0.1, 0.15) is 77.3 Å². The second-order valence-electron chi connectivity index (χ2n) is 15.1. The Morgan fingerprint density at radius 1 is 0.596 bits per heavy atom. The molecule has 2 unspecified atom stereocenters. The third kappa shape index (κ3) is 9.77. The van der Waals surface area contributed by atoms with E-state index in [4.69, 9.17) is 4.74 Å². The van der Waals surface area contributed by atoms with Crippen molar-refractivity contribution >= 4 is 35.5 Å². The third-order valence-corrected chi connectivity index (χ3v) is 10.0. The molecule has 12 nitrogen and oxygen atoms in total. The predicted octanol–water partition coefficient (Wildman–Crippen LogP) is 2.93. The van der Waals surface area contributed by atoms with Crippen LogP contribution < -0.4 is 16.0 Å². The van der Waals surface area contributed by atoms with Crippen LogP contribution in [0, 0.1) is 11.8 Å². The number of amides is 5. The number of nitrogens with zero attached hydrogens (tertiary/aromatic N) is 2. The van der Waals surface area contributed by atoms with E-state index < -0.39 is 71.8 Å². The largest absolute Gasteiger partial charge is 0.451 e. The molecule has 5 amide bonds. The van der Waals surface area contributed by atoms with Crippen LogP contribution in [0.3, 0.4) is 0 Å². The molecular weight excluding hydrogens is 662 g/mol. The summed E-state index contributed by atoms with van der Waals surface area (Å²) in [5.74, 6) is -3.16. The molecule has 280 valence electrons. The first-order valence-electron chi connectivity index (χ1n) is 18.7. The van der Waals surface area contributed by atoms with Crippen molar-refractivity contribution in [3.8, 4) is 0 Å². The number of esters is 1. The lowest BCUT2D eigenvalue weighted by molar-refractivity contribution is -0.167. The molecule has 0 saturated carbocycles. The summed E-state index contributed by atoms with van der Waals surface area (Å²) in [5, 5.41) is 8.72. The van der Waals surface area contributed by atoms with Gasteiger partial charge in [0.25, 0.3) is 5.91 Å². The van der Waals surface area contributed by atoms with Crippen molar-refractivity contribution < 1.29 is 33.5 Å². The van der Waals surface area contributed by atoms with E-state index in [0.29, 0.717) is 32.2 Å². The summed E-state index contributed by atoms with van der Waals surface area (Å²) >= 11 is 0. The van der Waals surface area contributed by atoms with Crippen molar-refractivity contribution in [3.05, 3.63) is 71.8 Å². The second kappa shape index (κ2) is 17.7. The number of benzene rings is 2. The molecule has 3 aliphatic rings. The lowest BCUT2D eigenvalue weighted by atomic mass is 9.99. The number of cyclic esters (lactones) is 1. The van der Waals surface area contributed by atoms with Gasteiger partial charge >= 0.3 is 5.97 Å². The second-order valence-corrected chi connectivity index (χ2v) is 15.1. The van der Waals surface area contributed by atoms with Gasteiger partial charge in [0.1, 0.15) is 30.2 Å². The van der Waals surface area contributed by atoms with Gasteiger partial charge in [-0.15, -0.1) is 0 Å². The number of rotatable bonds is 8. The molecule has 3 heterocycles. The van der Waals surface area contributed by atoms with E-state index in [9.17, 15) is 28.8 Å². The van der Waals surface area contributed by atoms with Crippen molar-refractivity contribution in [2.24, 2.45) is 11.8 Å². The van der Waals surface area contributed by atoms with E-state index in [1.807, 2.05) is 88.4 Å². The van der Waals surface area contributed by atoms with E-state index in [0.717, 1.165) is 11.1 Å². The number of carbonyl (C=O) groups is 6. The summed E-state index contributed by atoms with van der Waals surface area (Å²) in [6, 6.07) is 13.5. The minimum absolute atomic E-state index is 0.00716. The number of carbonyl (C=O) groups excluding carboxylic acids is 6. The SMILES string of the molecule is CC(C)CC1NC(=O)[C@@H]2CCCN2C(=O)[C@H](CC(C)C)OC(=O)[C@@H]2CCCN2C(=O)[C@H](Cc2ccccc2)NC(=O)C(Cc2ccccc2)NC1=O. The lowest BCUT2D eigenvalue weighted by Crippen LogP contribution is -2.60. The van der Waals surface area contributed by atoms with Gasteiger partial charge in [-0.05, 0) is 61.5 Å². The molecule has 52 heavy (non-hydrogen) atoms. The van der Waals surface area contributed by atoms with Gasteiger partial charge in [0.05, 0.1) is 0 Å². The van der Waals surface area contributed by atoms with Gasteiger partial charge < -0.3 is 30.5 Å². The molecule has 2 aromatic carbocycles. The topological polar surface area (TPSA) is 154 Å². The van der Waals surface area contributed by atoms with Crippen LogP contribution in [0.15, 0.2) is 60.7 Å². The highest BCUT2D eigenvalue weighted by atomic mass is 16.6. The molecule has 0 aromatic heterocycles. The Morgan fingerprint density at radius 3 is 1.65 bits per heavy atom. The van der Waals surface area contributed by atoms with E-state index in [1.165, 1.54) is 9.80 Å². The zero-order valence-electron chi connectivity index (χ0n) is 30.7. The van der Waals surface area contributed by atoms with Gasteiger partial charge in [-0.1, -0.05) is 88.4 Å². The maximum atomic E-state index is 14.4. The molecule has 3 saturated heterocycles. The highest BCUT2D eigenvalue weighted by Crippen LogP contribution is 2.26. The standard InChI is InChI=1S/C40H53N5O7/c1-25(2)21-29-35(46)41-30(23-27-13-7-5-8-14-27)36(47)43-31(24-28-15-9-6-10-16-28)38(49)45-20-12-18-33(45)40(51)52-34(22-26(3)4)39(50)44-19-11-17-32(44)37(48)42-29/h5-10,13-16,25-26,29-34H,11-12,17-24H2,1-4H3,(H,41,46)(H,42,48)(H,43,47)/t29?,30?,31-,32-,33-,34-/m0/s1. The maximum absolute atomic E-state index is 14.4. The first-order valence-corrected chi connectivity index (χ1v) is 18.7. The molecule has 3 fully saturated rings. The van der Waals surface area contributed by atoms with Gasteiger partial charge in [0.2, 0.25) is 23.6 Å². The van der Waals surface area contributed by atoms with Crippen molar-refractivity contribution in [2.75, 3.05) is 13.1 Å². The van der Waals surface area contributed by atoms with Crippen LogP contribution in [0.5, 0.6) is 0 Å². The summed E-state index contributed by atoms with van der Waals surface area (Å²) in [5.41, 5.74) is 1.59. The molecule has 0 aliphatic carbocycles. The Labute approximate surface area is 306 Å². The van der Waals surface area contributed by atoms with Gasteiger partial charge in [0, 0.05) is 25.9 Å². The molecule has 3 aliphatic heterocycles. The number of hydrogen-bond donors (Lipinski definition) is 3. The van der Waals surface area contributed by atoms with Gasteiger partial charge in [-0.2, -0.15) is 0 Å². The smallest absolute Gasteiger partial charge is 0.329 e. The number of ether oxygens (including phenoxy) is 1. The Hall–Kier alpha value is -4.74. The normalized spacial score (nSPS) is 26.7. The van der Waals surface area contributed by atoms with Crippen LogP contribution in [0.2, 0.25) is 0 Å². The fraction of sp³-hybridized carbons (Fsp3) is 0.550. The van der Waals surface area contributed by atoms with Crippen molar-refractivity contribution in [1.82, 2.24) is 25.8 Å². The number of hydrogen-bond acceptors (Lipinski definition) is 7. The lowest BCUT2D eigenvalue weighted by Gasteiger charge is -2.33. The molecule has 2 aromatic rings. The first kappa shape index (κ1) is 38.5. The average Bonchev–Trinajstić information content (AvgIpc) is 3.81. The highest BCUT2D eigenvalue weighted by Gasteiger charge is 2.44. The van der Waals surface area contributed by atoms with Crippen LogP contribution in [-0.2, 0) is 46.3 Å². The van der Waals surface area contributed by atoms with Gasteiger partial charge in [-0.3, -0.25) is 24.0 Å². The Kier molecular flexibility index (Phi) is 13.1. The Balaban J connectivity index is 1.55. The molecular formula is C40H53N5O7. The summed E-state index contributed by atoms with van der Waals surface area (Å²) in [7, 11) is 0. The van der Waals surface area contributed by atoms with E-state index in [1.54, 1.807) is 0 Å². The van der Waals surface area contributed by atoms with Crippen molar-refractivity contribution in [2.45, 2.75) is 115 Å². The zero-order valence-corrected chi connectivity index (χ0v) is 30.7. The molecule has 0 bridgehead atoms. The van der Waals surface area contributed by atoms with E-state index in [-0.39, 0.29) is 44.1 Å². The maximum Gasteiger partial charge on any atom is 0.329 e. The zero-order chi connectivity index (χ0) is 37.4. The third-order valence-electron chi connectivity index (χ3n) is 10.0. The van der Waals surface area contributed by atoms with Crippen LogP contribution in [0.4, 0.5) is 0 Å². The summed E-state index contributed by atoms with van der Waals surface area (Å²) in [6.45, 7) is 8.28. The van der Waals surface area contributed by atoms with Crippen LogP contribution in [0.25, 0.3) is 0 Å². The summed E-state index contributed by atoms with van der Waals surface area (Å²) in [6.07, 6.45) is 1.51. The number of fused-ring (bicyclic) bond motifs is 2. The predicted molar refractivity (Wildman–Crippen MR) is 194 cm³/mol. The van der Waals surface area contributed by atoms with Crippen LogP contribution >= 0.6 is 0 Å². The Bertz CT molecular complexity index is 1580. The minimum atomic E-state index is -1.15. The molecule has 0 spiro atoms. The van der Waals surface area contributed by atoms with Crippen molar-refractivity contribution in [3.63, 3.8) is 0 Å². The van der Waals surface area contributed by atoms with Crippen molar-refractivity contribution in [1.29, 1.82) is 0 Å². The fourth-order valence-electron chi connectivity index (χ4n) is 7.43. The minimum Gasteiger partial charge on any atom is -0.451 e. The quantitative estimate of drug-likeness (QED) is 0.356. The monoisotopic (exact) mass is 715 g/mol. The first-order chi connectivity index (χ1) is 24.9. The molecule has 5 rings (SSSR count). The fourth-order valence-corrected chi connectivity index (χ4v) is 7.43. The molecule has 12 heteroatoms. The van der Waals surface area contributed by atoms with E-state index >= 15 is 0 Å². The molecule has 0 radical (unpaired) electrons. The summed E-state index contributed by atoms with van der Waals surface area (Å²) in [4.78, 5) is 87.5. The summed E-state index contributed by atoms with van der Waals surface area (Å²) < 4.78 is 5.97. The Morgan fingerprint density at radius 2 is 1.08 bits per heavy atom.